The van der Waals surface area contributed by atoms with Crippen LogP contribution in [-0.2, 0) is 4.74 Å². The number of halogens is 2. The molecule has 1 aliphatic rings. The van der Waals surface area contributed by atoms with Gasteiger partial charge in [-0.25, -0.2) is 14.4 Å². The normalized spacial score (nSPS) is 18.7. The van der Waals surface area contributed by atoms with Crippen molar-refractivity contribution in [2.24, 2.45) is 0 Å². The number of anilines is 2. The highest BCUT2D eigenvalue weighted by molar-refractivity contribution is 6.30. The number of morpholine rings is 1. The highest BCUT2D eigenvalue weighted by Gasteiger charge is 2.26. The molecule has 9 heteroatoms. The van der Waals surface area contributed by atoms with Crippen LogP contribution in [0.25, 0.3) is 10.9 Å². The fraction of sp³-hybridized carbons (Fsp3) is 0.440. The van der Waals surface area contributed by atoms with Gasteiger partial charge in [-0.15, -0.1) is 0 Å². The molecule has 1 saturated heterocycles. The summed E-state index contributed by atoms with van der Waals surface area (Å²) in [6.07, 6.45) is 3.35. The summed E-state index contributed by atoms with van der Waals surface area (Å²) in [5.74, 6) is 1.19. The Morgan fingerprint density at radius 1 is 1.21 bits per heavy atom. The van der Waals surface area contributed by atoms with Gasteiger partial charge in [-0.2, -0.15) is 0 Å². The topological polar surface area (TPSA) is 68.7 Å². The van der Waals surface area contributed by atoms with Crippen molar-refractivity contribution in [3.8, 4) is 11.5 Å². The summed E-state index contributed by atoms with van der Waals surface area (Å²) in [4.78, 5) is 11.1. The highest BCUT2D eigenvalue weighted by atomic mass is 35.5. The summed E-state index contributed by atoms with van der Waals surface area (Å²) in [6, 6.07) is 8.78. The third-order valence-corrected chi connectivity index (χ3v) is 6.33. The Hall–Kier alpha value is -2.68. The van der Waals surface area contributed by atoms with E-state index < -0.39 is 5.82 Å². The van der Waals surface area contributed by atoms with E-state index in [-0.39, 0.29) is 5.69 Å². The molecular formula is C25H30ClFN4O3. The van der Waals surface area contributed by atoms with E-state index in [9.17, 15) is 4.39 Å². The Kier molecular flexibility index (Phi) is 8.03. The van der Waals surface area contributed by atoms with Crippen molar-refractivity contribution in [3.05, 3.63) is 47.5 Å². The molecule has 0 aliphatic carbocycles. The van der Waals surface area contributed by atoms with E-state index >= 15 is 0 Å². The molecule has 1 N–H and O–H groups in total. The second kappa shape index (κ2) is 11.2. The zero-order chi connectivity index (χ0) is 24.1. The molecule has 2 aromatic carbocycles. The second-order valence-corrected chi connectivity index (χ2v) is 8.82. The fourth-order valence-electron chi connectivity index (χ4n) is 4.27. The Bertz CT molecular complexity index is 1130. The lowest BCUT2D eigenvalue weighted by molar-refractivity contribution is -0.0454. The minimum absolute atomic E-state index is 0.232. The maximum atomic E-state index is 14.3. The number of fused-ring (bicyclic) bond motifs is 1. The number of benzene rings is 2. The Morgan fingerprint density at radius 2 is 2.06 bits per heavy atom. The SMILES string of the molecule is CCC1COCC(C)N1CCCOc1cc2c(Nc3cc(Cl)ccc3F)ncnc2cc1OC. The molecule has 3 aromatic rings. The van der Waals surface area contributed by atoms with Gasteiger partial charge in [-0.3, -0.25) is 4.90 Å². The van der Waals surface area contributed by atoms with E-state index in [0.29, 0.717) is 51.9 Å². The number of rotatable bonds is 9. The summed E-state index contributed by atoms with van der Waals surface area (Å²) in [5.41, 5.74) is 0.882. The number of ether oxygens (including phenoxy) is 3. The van der Waals surface area contributed by atoms with Gasteiger partial charge >= 0.3 is 0 Å². The van der Waals surface area contributed by atoms with Gasteiger partial charge in [-0.1, -0.05) is 18.5 Å². The first-order chi connectivity index (χ1) is 16.5. The summed E-state index contributed by atoms with van der Waals surface area (Å²) in [7, 11) is 1.59. The summed E-state index contributed by atoms with van der Waals surface area (Å²) in [5, 5.41) is 4.13. The van der Waals surface area contributed by atoms with Crippen molar-refractivity contribution >= 4 is 34.0 Å². The molecule has 2 unspecified atom stereocenters. The lowest BCUT2D eigenvalue weighted by Gasteiger charge is -2.40. The molecule has 0 saturated carbocycles. The molecule has 34 heavy (non-hydrogen) atoms. The fourth-order valence-corrected chi connectivity index (χ4v) is 4.44. The number of nitrogens with one attached hydrogen (secondary N) is 1. The van der Waals surface area contributed by atoms with Crippen LogP contribution in [0.1, 0.15) is 26.7 Å². The van der Waals surface area contributed by atoms with Crippen molar-refractivity contribution in [1.29, 1.82) is 0 Å². The van der Waals surface area contributed by atoms with Gasteiger partial charge in [0.1, 0.15) is 18.0 Å². The van der Waals surface area contributed by atoms with Gasteiger partial charge in [0.2, 0.25) is 0 Å². The third kappa shape index (κ3) is 5.51. The molecule has 0 radical (unpaired) electrons. The van der Waals surface area contributed by atoms with Gasteiger partial charge < -0.3 is 19.5 Å². The zero-order valence-electron chi connectivity index (χ0n) is 19.7. The summed E-state index contributed by atoms with van der Waals surface area (Å²) >= 11 is 6.03. The largest absolute Gasteiger partial charge is 0.493 e. The molecule has 0 bridgehead atoms. The average Bonchev–Trinajstić information content (AvgIpc) is 2.84. The quantitative estimate of drug-likeness (QED) is 0.402. The van der Waals surface area contributed by atoms with Crippen LogP contribution >= 0.6 is 11.6 Å². The summed E-state index contributed by atoms with van der Waals surface area (Å²) < 4.78 is 31.6. The molecule has 2 atom stereocenters. The molecule has 7 nitrogen and oxygen atoms in total. The first-order valence-corrected chi connectivity index (χ1v) is 11.9. The number of aromatic nitrogens is 2. The average molecular weight is 489 g/mol. The van der Waals surface area contributed by atoms with Crippen LogP contribution in [-0.4, -0.2) is 60.4 Å². The lowest BCUT2D eigenvalue weighted by atomic mass is 10.1. The second-order valence-electron chi connectivity index (χ2n) is 8.38. The van der Waals surface area contributed by atoms with Crippen LogP contribution in [0, 0.1) is 5.82 Å². The van der Waals surface area contributed by atoms with Gasteiger partial charge in [0.15, 0.2) is 11.5 Å². The van der Waals surface area contributed by atoms with Crippen LogP contribution in [0.3, 0.4) is 0 Å². The van der Waals surface area contributed by atoms with E-state index in [4.69, 9.17) is 25.8 Å². The molecule has 4 rings (SSSR count). The van der Waals surface area contributed by atoms with Crippen LogP contribution in [0.15, 0.2) is 36.7 Å². The Labute approximate surface area is 204 Å². The van der Waals surface area contributed by atoms with E-state index in [2.05, 4.69) is 34.0 Å². The van der Waals surface area contributed by atoms with E-state index in [1.165, 1.54) is 24.5 Å². The Morgan fingerprint density at radius 3 is 2.85 bits per heavy atom. The van der Waals surface area contributed by atoms with Crippen molar-refractivity contribution in [3.63, 3.8) is 0 Å². The van der Waals surface area contributed by atoms with Gasteiger partial charge in [0, 0.05) is 35.1 Å². The molecule has 2 heterocycles. The van der Waals surface area contributed by atoms with E-state index in [0.717, 1.165) is 32.6 Å². The first kappa shape index (κ1) is 24.4. The Balaban J connectivity index is 1.50. The first-order valence-electron chi connectivity index (χ1n) is 11.5. The van der Waals surface area contributed by atoms with Crippen molar-refractivity contribution in [2.75, 3.05) is 38.8 Å². The van der Waals surface area contributed by atoms with Gasteiger partial charge in [-0.05, 0) is 44.0 Å². The summed E-state index contributed by atoms with van der Waals surface area (Å²) in [6.45, 7) is 7.40. The maximum Gasteiger partial charge on any atom is 0.162 e. The molecular weight excluding hydrogens is 459 g/mol. The van der Waals surface area contributed by atoms with Crippen molar-refractivity contribution in [1.82, 2.24) is 14.9 Å². The van der Waals surface area contributed by atoms with Crippen LogP contribution in [0.5, 0.6) is 11.5 Å². The number of nitrogens with zero attached hydrogens (tertiary/aromatic N) is 3. The smallest absolute Gasteiger partial charge is 0.162 e. The molecule has 182 valence electrons. The molecule has 1 fully saturated rings. The number of methoxy groups -OCH3 is 1. The minimum atomic E-state index is -0.427. The van der Waals surface area contributed by atoms with Gasteiger partial charge in [0.25, 0.3) is 0 Å². The molecule has 1 aromatic heterocycles. The standard InChI is InChI=1S/C25H30ClFN4O3/c1-4-18-14-33-13-16(2)31(18)8-5-9-34-24-11-19-21(12-23(24)32-3)28-15-29-25(19)30-22-10-17(26)6-7-20(22)27/h6-7,10-12,15-16,18H,4-5,8-9,13-14H2,1-3H3,(H,28,29,30). The van der Waals surface area contributed by atoms with Crippen LogP contribution in [0.2, 0.25) is 5.02 Å². The maximum absolute atomic E-state index is 14.3. The van der Waals surface area contributed by atoms with Crippen molar-refractivity contribution < 1.29 is 18.6 Å². The zero-order valence-corrected chi connectivity index (χ0v) is 20.4. The molecule has 0 spiro atoms. The van der Waals surface area contributed by atoms with Crippen molar-refractivity contribution in [2.45, 2.75) is 38.8 Å². The molecule has 1 aliphatic heterocycles. The molecule has 0 amide bonds. The lowest BCUT2D eigenvalue weighted by Crippen LogP contribution is -2.51. The third-order valence-electron chi connectivity index (χ3n) is 6.10. The minimum Gasteiger partial charge on any atom is -0.493 e. The monoisotopic (exact) mass is 488 g/mol. The van der Waals surface area contributed by atoms with E-state index in [1.807, 2.05) is 6.07 Å². The van der Waals surface area contributed by atoms with E-state index in [1.54, 1.807) is 13.2 Å². The van der Waals surface area contributed by atoms with Crippen LogP contribution < -0.4 is 14.8 Å². The van der Waals surface area contributed by atoms with Crippen LogP contribution in [0.4, 0.5) is 15.9 Å². The highest BCUT2D eigenvalue weighted by Crippen LogP contribution is 2.35. The predicted octanol–water partition coefficient (Wildman–Crippen LogP) is 5.44. The number of hydrogen-bond acceptors (Lipinski definition) is 7. The number of hydrogen-bond donors (Lipinski definition) is 1. The van der Waals surface area contributed by atoms with Gasteiger partial charge in [0.05, 0.1) is 38.1 Å². The predicted molar refractivity (Wildman–Crippen MR) is 132 cm³/mol.